The van der Waals surface area contributed by atoms with Crippen molar-refractivity contribution in [2.24, 2.45) is 0 Å². The van der Waals surface area contributed by atoms with Crippen LogP contribution >= 0.6 is 0 Å². The first kappa shape index (κ1) is 12.4. The number of esters is 1. The number of carbonyl (C=O) groups excluding carboxylic acids is 1. The summed E-state index contributed by atoms with van der Waals surface area (Å²) < 4.78 is 17.6. The lowest BCUT2D eigenvalue weighted by Gasteiger charge is -2.10. The van der Waals surface area contributed by atoms with E-state index < -0.39 is 23.6 Å². The fourth-order valence-corrected chi connectivity index (χ4v) is 1.23. The number of aliphatic hydroxyl groups excluding tert-OH is 1. The average Bonchev–Trinajstić information content (AvgIpc) is 2.22. The minimum absolute atomic E-state index is 0.225. The molecule has 0 aliphatic carbocycles. The topological polar surface area (TPSA) is 66.8 Å². The summed E-state index contributed by atoms with van der Waals surface area (Å²) in [6.07, 6.45) is -1.37. The standard InChI is InChI=1S/C11H13FO4/c1-2-16-11(15)6-10(14)7-3-4-9(13)8(12)5-7/h3-5,10,13-14H,2,6H2,1H3. The van der Waals surface area contributed by atoms with E-state index in [4.69, 9.17) is 5.11 Å². The highest BCUT2D eigenvalue weighted by atomic mass is 19.1. The predicted octanol–water partition coefficient (Wildman–Crippen LogP) is 1.52. The highest BCUT2D eigenvalue weighted by molar-refractivity contribution is 5.70. The van der Waals surface area contributed by atoms with Crippen molar-refractivity contribution in [3.05, 3.63) is 29.6 Å². The normalized spacial score (nSPS) is 12.2. The number of phenols is 1. The molecule has 5 heteroatoms. The van der Waals surface area contributed by atoms with Gasteiger partial charge in [0.2, 0.25) is 0 Å². The van der Waals surface area contributed by atoms with Gasteiger partial charge in [-0.25, -0.2) is 4.39 Å². The zero-order valence-corrected chi connectivity index (χ0v) is 8.81. The lowest BCUT2D eigenvalue weighted by molar-refractivity contribution is -0.145. The van der Waals surface area contributed by atoms with Gasteiger partial charge < -0.3 is 14.9 Å². The van der Waals surface area contributed by atoms with E-state index in [-0.39, 0.29) is 18.6 Å². The largest absolute Gasteiger partial charge is 0.505 e. The molecule has 0 amide bonds. The maximum absolute atomic E-state index is 12.9. The Morgan fingerprint density at radius 1 is 1.56 bits per heavy atom. The Balaban J connectivity index is 2.69. The number of hydrogen-bond acceptors (Lipinski definition) is 4. The number of phenolic OH excluding ortho intramolecular Hbond substituents is 1. The Hall–Kier alpha value is -1.62. The third kappa shape index (κ3) is 3.20. The van der Waals surface area contributed by atoms with Crippen LogP contribution in [0.1, 0.15) is 25.0 Å². The van der Waals surface area contributed by atoms with E-state index in [9.17, 15) is 14.3 Å². The molecule has 0 aliphatic heterocycles. The van der Waals surface area contributed by atoms with Gasteiger partial charge in [0.25, 0.3) is 0 Å². The van der Waals surface area contributed by atoms with Crippen LogP contribution in [-0.2, 0) is 9.53 Å². The number of benzene rings is 1. The van der Waals surface area contributed by atoms with E-state index in [1.54, 1.807) is 6.92 Å². The summed E-state index contributed by atoms with van der Waals surface area (Å²) in [5.41, 5.74) is 0.225. The second-order valence-electron chi connectivity index (χ2n) is 3.24. The summed E-state index contributed by atoms with van der Waals surface area (Å²) in [5.74, 6) is -1.88. The van der Waals surface area contributed by atoms with Gasteiger partial charge >= 0.3 is 5.97 Å². The van der Waals surface area contributed by atoms with Crippen LogP contribution in [0.3, 0.4) is 0 Å². The van der Waals surface area contributed by atoms with Crippen LogP contribution in [0.4, 0.5) is 4.39 Å². The van der Waals surface area contributed by atoms with E-state index in [2.05, 4.69) is 4.74 Å². The number of aromatic hydroxyl groups is 1. The van der Waals surface area contributed by atoms with Crippen LogP contribution in [-0.4, -0.2) is 22.8 Å². The molecular weight excluding hydrogens is 215 g/mol. The van der Waals surface area contributed by atoms with Crippen molar-refractivity contribution in [2.75, 3.05) is 6.61 Å². The second kappa shape index (κ2) is 5.46. The van der Waals surface area contributed by atoms with Gasteiger partial charge in [0.1, 0.15) is 0 Å². The number of ether oxygens (including phenoxy) is 1. The number of rotatable bonds is 4. The third-order valence-electron chi connectivity index (χ3n) is 2.02. The minimum atomic E-state index is -1.13. The number of halogens is 1. The van der Waals surface area contributed by atoms with Gasteiger partial charge in [-0.1, -0.05) is 6.07 Å². The van der Waals surface area contributed by atoms with Crippen LogP contribution in [0.15, 0.2) is 18.2 Å². The van der Waals surface area contributed by atoms with Crippen molar-refractivity contribution in [3.8, 4) is 5.75 Å². The molecule has 0 saturated carbocycles. The van der Waals surface area contributed by atoms with Gasteiger partial charge in [0.05, 0.1) is 19.1 Å². The van der Waals surface area contributed by atoms with Crippen molar-refractivity contribution in [1.82, 2.24) is 0 Å². The molecule has 4 nitrogen and oxygen atoms in total. The lowest BCUT2D eigenvalue weighted by Crippen LogP contribution is -2.10. The van der Waals surface area contributed by atoms with Crippen LogP contribution in [0.5, 0.6) is 5.75 Å². The van der Waals surface area contributed by atoms with Crippen LogP contribution in [0, 0.1) is 5.82 Å². The van der Waals surface area contributed by atoms with E-state index in [0.29, 0.717) is 0 Å². The van der Waals surface area contributed by atoms with E-state index in [0.717, 1.165) is 12.1 Å². The minimum Gasteiger partial charge on any atom is -0.505 e. The smallest absolute Gasteiger partial charge is 0.308 e. The van der Waals surface area contributed by atoms with Gasteiger partial charge in [-0.05, 0) is 24.6 Å². The molecule has 1 aromatic rings. The fourth-order valence-electron chi connectivity index (χ4n) is 1.23. The van der Waals surface area contributed by atoms with Gasteiger partial charge in [-0.3, -0.25) is 4.79 Å². The van der Waals surface area contributed by atoms with E-state index in [1.165, 1.54) is 6.07 Å². The van der Waals surface area contributed by atoms with Crippen molar-refractivity contribution in [3.63, 3.8) is 0 Å². The zero-order chi connectivity index (χ0) is 12.1. The van der Waals surface area contributed by atoms with Gasteiger partial charge in [0, 0.05) is 0 Å². The molecule has 0 heterocycles. The lowest BCUT2D eigenvalue weighted by atomic mass is 10.1. The van der Waals surface area contributed by atoms with E-state index in [1.807, 2.05) is 0 Å². The van der Waals surface area contributed by atoms with Crippen LogP contribution in [0.25, 0.3) is 0 Å². The summed E-state index contributed by atoms with van der Waals surface area (Å²) in [4.78, 5) is 11.1. The Kier molecular flexibility index (Phi) is 4.25. The molecular formula is C11H13FO4. The molecule has 1 atom stereocenters. The summed E-state index contributed by atoms with van der Waals surface area (Å²) in [6, 6.07) is 3.46. The first-order valence-electron chi connectivity index (χ1n) is 4.86. The molecule has 0 spiro atoms. The van der Waals surface area contributed by atoms with Gasteiger partial charge in [-0.15, -0.1) is 0 Å². The maximum Gasteiger partial charge on any atom is 0.308 e. The van der Waals surface area contributed by atoms with Gasteiger partial charge in [0.15, 0.2) is 11.6 Å². The monoisotopic (exact) mass is 228 g/mol. The predicted molar refractivity (Wildman–Crippen MR) is 54.3 cm³/mol. The average molecular weight is 228 g/mol. The Bertz CT molecular complexity index is 378. The van der Waals surface area contributed by atoms with Crippen molar-refractivity contribution in [1.29, 1.82) is 0 Å². The number of hydrogen-bond donors (Lipinski definition) is 2. The third-order valence-corrected chi connectivity index (χ3v) is 2.02. The first-order chi connectivity index (χ1) is 7.54. The molecule has 0 fully saturated rings. The van der Waals surface area contributed by atoms with Crippen molar-refractivity contribution in [2.45, 2.75) is 19.4 Å². The Morgan fingerprint density at radius 3 is 2.81 bits per heavy atom. The second-order valence-corrected chi connectivity index (χ2v) is 3.24. The molecule has 0 aromatic heterocycles. The van der Waals surface area contributed by atoms with Crippen molar-refractivity contribution < 1.29 is 24.1 Å². The SMILES string of the molecule is CCOC(=O)CC(O)c1ccc(O)c(F)c1. The van der Waals surface area contributed by atoms with E-state index >= 15 is 0 Å². The molecule has 16 heavy (non-hydrogen) atoms. The van der Waals surface area contributed by atoms with Crippen molar-refractivity contribution >= 4 is 5.97 Å². The Labute approximate surface area is 92.3 Å². The molecule has 2 N–H and O–H groups in total. The highest BCUT2D eigenvalue weighted by Crippen LogP contribution is 2.22. The molecule has 0 bridgehead atoms. The van der Waals surface area contributed by atoms with Crippen LogP contribution in [0.2, 0.25) is 0 Å². The molecule has 1 aromatic carbocycles. The zero-order valence-electron chi connectivity index (χ0n) is 8.81. The summed E-state index contributed by atoms with van der Waals surface area (Å²) in [6.45, 7) is 1.89. The Morgan fingerprint density at radius 2 is 2.25 bits per heavy atom. The maximum atomic E-state index is 12.9. The summed E-state index contributed by atoms with van der Waals surface area (Å²) >= 11 is 0. The molecule has 0 saturated heterocycles. The van der Waals surface area contributed by atoms with Crippen LogP contribution < -0.4 is 0 Å². The summed E-state index contributed by atoms with van der Waals surface area (Å²) in [7, 11) is 0. The summed E-state index contributed by atoms with van der Waals surface area (Å²) in [5, 5.41) is 18.5. The van der Waals surface area contributed by atoms with Gasteiger partial charge in [-0.2, -0.15) is 0 Å². The fraction of sp³-hybridized carbons (Fsp3) is 0.364. The quantitative estimate of drug-likeness (QED) is 0.767. The molecule has 88 valence electrons. The molecule has 0 aliphatic rings. The molecule has 1 unspecified atom stereocenters. The highest BCUT2D eigenvalue weighted by Gasteiger charge is 2.15. The first-order valence-corrected chi connectivity index (χ1v) is 4.86. The number of aliphatic hydroxyl groups is 1. The molecule has 0 radical (unpaired) electrons. The molecule has 1 rings (SSSR count). The number of carbonyl (C=O) groups is 1.